The van der Waals surface area contributed by atoms with Gasteiger partial charge in [-0.2, -0.15) is 0 Å². The van der Waals surface area contributed by atoms with Crippen LogP contribution in [0.2, 0.25) is 0 Å². The summed E-state index contributed by atoms with van der Waals surface area (Å²) in [4.78, 5) is 10.6. The van der Waals surface area contributed by atoms with E-state index in [1.54, 1.807) is 24.3 Å². The number of halogens is 1. The fourth-order valence-corrected chi connectivity index (χ4v) is 2.37. The highest BCUT2D eigenvalue weighted by Gasteiger charge is 2.16. The molecule has 5 heteroatoms. The molecular weight excluding hydrogens is 309 g/mol. The fraction of sp³-hybridized carbons (Fsp3) is 0.0526. The highest BCUT2D eigenvalue weighted by molar-refractivity contribution is 5.73. The van der Waals surface area contributed by atoms with E-state index in [1.807, 2.05) is 30.3 Å². The second-order valence-corrected chi connectivity index (χ2v) is 5.22. The van der Waals surface area contributed by atoms with Crippen molar-refractivity contribution in [2.75, 3.05) is 0 Å². The van der Waals surface area contributed by atoms with Crippen LogP contribution in [0.3, 0.4) is 0 Å². The monoisotopic (exact) mass is 323 g/mol. The van der Waals surface area contributed by atoms with E-state index < -0.39 is 10.7 Å². The van der Waals surface area contributed by atoms with Crippen LogP contribution in [0.5, 0.6) is 5.75 Å². The lowest BCUT2D eigenvalue weighted by Crippen LogP contribution is -1.95. The lowest BCUT2D eigenvalue weighted by Gasteiger charge is -2.08. The molecule has 0 aromatic heterocycles. The van der Waals surface area contributed by atoms with Crippen LogP contribution in [0.1, 0.15) is 5.56 Å². The Morgan fingerprint density at radius 2 is 1.67 bits per heavy atom. The van der Waals surface area contributed by atoms with Crippen molar-refractivity contribution in [2.45, 2.75) is 6.61 Å². The Labute approximate surface area is 138 Å². The number of hydrogen-bond acceptors (Lipinski definition) is 3. The first kappa shape index (κ1) is 15.7. The third-order valence-electron chi connectivity index (χ3n) is 3.57. The van der Waals surface area contributed by atoms with Crippen molar-refractivity contribution in [1.29, 1.82) is 0 Å². The normalized spacial score (nSPS) is 10.4. The van der Waals surface area contributed by atoms with E-state index in [0.29, 0.717) is 17.9 Å². The molecule has 0 unspecified atom stereocenters. The summed E-state index contributed by atoms with van der Waals surface area (Å²) in [6.07, 6.45) is 0. The number of ether oxygens (including phenoxy) is 1. The Kier molecular flexibility index (Phi) is 4.52. The molecule has 120 valence electrons. The van der Waals surface area contributed by atoms with Crippen molar-refractivity contribution in [2.24, 2.45) is 0 Å². The molecule has 0 saturated carbocycles. The Morgan fingerprint density at radius 3 is 2.33 bits per heavy atom. The van der Waals surface area contributed by atoms with Crippen molar-refractivity contribution in [3.63, 3.8) is 0 Å². The first-order valence-corrected chi connectivity index (χ1v) is 7.34. The van der Waals surface area contributed by atoms with Crippen molar-refractivity contribution in [3.8, 4) is 16.9 Å². The van der Waals surface area contributed by atoms with Gasteiger partial charge in [0.1, 0.15) is 18.2 Å². The molecule has 0 aliphatic rings. The Hall–Kier alpha value is -3.21. The number of nitrogens with zero attached hydrogens (tertiary/aromatic N) is 1. The molecule has 0 amide bonds. The first-order chi connectivity index (χ1) is 11.6. The maximum atomic E-state index is 13.4. The quantitative estimate of drug-likeness (QED) is 0.491. The Bertz CT molecular complexity index is 848. The van der Waals surface area contributed by atoms with Gasteiger partial charge in [-0.3, -0.25) is 10.1 Å². The third kappa shape index (κ3) is 3.57. The number of benzene rings is 3. The largest absolute Gasteiger partial charge is 0.489 e. The van der Waals surface area contributed by atoms with Gasteiger partial charge >= 0.3 is 0 Å². The molecule has 0 heterocycles. The molecule has 0 N–H and O–H groups in total. The van der Waals surface area contributed by atoms with Gasteiger partial charge in [0.2, 0.25) is 0 Å². The minimum Gasteiger partial charge on any atom is -0.489 e. The van der Waals surface area contributed by atoms with Gasteiger partial charge in [0.25, 0.3) is 5.69 Å². The first-order valence-electron chi connectivity index (χ1n) is 7.34. The van der Waals surface area contributed by atoms with E-state index in [2.05, 4.69) is 0 Å². The van der Waals surface area contributed by atoms with Gasteiger partial charge in [-0.25, -0.2) is 4.39 Å². The third-order valence-corrected chi connectivity index (χ3v) is 3.57. The SMILES string of the molecule is O=[N+]([O-])c1ccc(F)cc1-c1ccc(OCc2ccccc2)cc1. The summed E-state index contributed by atoms with van der Waals surface area (Å²) in [5.74, 6) is 0.127. The second kappa shape index (κ2) is 6.91. The Balaban J connectivity index is 1.80. The lowest BCUT2D eigenvalue weighted by molar-refractivity contribution is -0.384. The summed E-state index contributed by atoms with van der Waals surface area (Å²) >= 11 is 0. The van der Waals surface area contributed by atoms with Crippen LogP contribution in [0.15, 0.2) is 72.8 Å². The summed E-state index contributed by atoms with van der Waals surface area (Å²) in [5.41, 5.74) is 1.72. The van der Waals surface area contributed by atoms with E-state index in [1.165, 1.54) is 6.07 Å². The van der Waals surface area contributed by atoms with Crippen molar-refractivity contribution >= 4 is 5.69 Å². The van der Waals surface area contributed by atoms with Crippen molar-refractivity contribution in [1.82, 2.24) is 0 Å². The van der Waals surface area contributed by atoms with Crippen LogP contribution < -0.4 is 4.74 Å². The van der Waals surface area contributed by atoms with Crippen LogP contribution in [0.4, 0.5) is 10.1 Å². The van der Waals surface area contributed by atoms with Gasteiger partial charge in [-0.15, -0.1) is 0 Å². The number of rotatable bonds is 5. The second-order valence-electron chi connectivity index (χ2n) is 5.22. The zero-order valence-electron chi connectivity index (χ0n) is 12.7. The number of nitro benzene ring substituents is 1. The maximum Gasteiger partial charge on any atom is 0.277 e. The smallest absolute Gasteiger partial charge is 0.277 e. The van der Waals surface area contributed by atoms with Crippen LogP contribution in [-0.4, -0.2) is 4.92 Å². The molecule has 0 atom stereocenters. The number of nitro groups is 1. The van der Waals surface area contributed by atoms with E-state index in [4.69, 9.17) is 4.74 Å². The predicted octanol–water partition coefficient (Wildman–Crippen LogP) is 4.98. The molecule has 0 spiro atoms. The summed E-state index contributed by atoms with van der Waals surface area (Å²) in [7, 11) is 0. The minimum atomic E-state index is -0.519. The molecule has 0 aliphatic heterocycles. The van der Waals surface area contributed by atoms with E-state index in [-0.39, 0.29) is 11.3 Å². The molecule has 3 rings (SSSR count). The minimum absolute atomic E-state index is 0.130. The molecular formula is C19H14FNO3. The summed E-state index contributed by atoms with van der Waals surface area (Å²) < 4.78 is 19.1. The van der Waals surface area contributed by atoms with E-state index >= 15 is 0 Å². The van der Waals surface area contributed by atoms with Crippen molar-refractivity contribution < 1.29 is 14.1 Å². The Morgan fingerprint density at radius 1 is 0.958 bits per heavy atom. The average molecular weight is 323 g/mol. The van der Waals surface area contributed by atoms with Crippen LogP contribution in [0.25, 0.3) is 11.1 Å². The summed E-state index contributed by atoms with van der Waals surface area (Å²) in [6.45, 7) is 0.431. The zero-order chi connectivity index (χ0) is 16.9. The zero-order valence-corrected chi connectivity index (χ0v) is 12.7. The van der Waals surface area contributed by atoms with Gasteiger partial charge in [0.05, 0.1) is 10.5 Å². The van der Waals surface area contributed by atoms with Gasteiger partial charge in [-0.1, -0.05) is 42.5 Å². The molecule has 24 heavy (non-hydrogen) atoms. The topological polar surface area (TPSA) is 52.4 Å². The molecule has 0 aliphatic carbocycles. The standard InChI is InChI=1S/C19H14FNO3/c20-16-8-11-19(21(22)23)18(12-16)15-6-9-17(10-7-15)24-13-14-4-2-1-3-5-14/h1-12H,13H2. The van der Waals surface area contributed by atoms with Gasteiger partial charge in [-0.05, 0) is 35.4 Å². The highest BCUT2D eigenvalue weighted by atomic mass is 19.1. The van der Waals surface area contributed by atoms with Crippen LogP contribution in [0, 0.1) is 15.9 Å². The summed E-state index contributed by atoms with van der Waals surface area (Å²) in [6, 6.07) is 19.9. The predicted molar refractivity (Wildman–Crippen MR) is 89.3 cm³/mol. The van der Waals surface area contributed by atoms with Crippen LogP contribution in [-0.2, 0) is 6.61 Å². The van der Waals surface area contributed by atoms with Gasteiger partial charge < -0.3 is 4.74 Å². The molecule has 0 bridgehead atoms. The highest BCUT2D eigenvalue weighted by Crippen LogP contribution is 2.31. The molecule has 4 nitrogen and oxygen atoms in total. The molecule has 0 fully saturated rings. The fourth-order valence-electron chi connectivity index (χ4n) is 2.37. The van der Waals surface area contributed by atoms with Crippen molar-refractivity contribution in [3.05, 3.63) is 94.3 Å². The summed E-state index contributed by atoms with van der Waals surface area (Å²) in [5, 5.41) is 11.1. The van der Waals surface area contributed by atoms with Crippen LogP contribution >= 0.6 is 0 Å². The molecule has 0 saturated heterocycles. The molecule has 3 aromatic carbocycles. The average Bonchev–Trinajstić information content (AvgIpc) is 2.61. The number of hydrogen-bond donors (Lipinski definition) is 0. The molecule has 0 radical (unpaired) electrons. The van der Waals surface area contributed by atoms with E-state index in [0.717, 1.165) is 17.7 Å². The maximum absolute atomic E-state index is 13.4. The van der Waals surface area contributed by atoms with E-state index in [9.17, 15) is 14.5 Å². The lowest BCUT2D eigenvalue weighted by atomic mass is 10.0. The van der Waals surface area contributed by atoms with Gasteiger partial charge in [0.15, 0.2) is 0 Å². The molecule has 3 aromatic rings. The van der Waals surface area contributed by atoms with Gasteiger partial charge in [0, 0.05) is 6.07 Å².